The molecule has 0 saturated carbocycles. The quantitative estimate of drug-likeness (QED) is 0.830. The number of methoxy groups -OCH3 is 1. The number of benzene rings is 1. The van der Waals surface area contributed by atoms with Crippen LogP contribution in [0.15, 0.2) is 24.5 Å². The third-order valence-corrected chi connectivity index (χ3v) is 3.20. The zero-order valence-electron chi connectivity index (χ0n) is 10.5. The highest BCUT2D eigenvalue weighted by atomic mass is 16.5. The Hall–Kier alpha value is -1.92. The number of aromatic nitrogens is 2. The predicted molar refractivity (Wildman–Crippen MR) is 69.4 cm³/mol. The minimum absolute atomic E-state index is 0.288. The largest absolute Gasteiger partial charge is 0.497 e. The van der Waals surface area contributed by atoms with Gasteiger partial charge in [-0.3, -0.25) is 0 Å². The van der Waals surface area contributed by atoms with Crippen molar-refractivity contribution in [2.24, 2.45) is 0 Å². The number of ether oxygens (including phenoxy) is 2. The van der Waals surface area contributed by atoms with Gasteiger partial charge in [-0.25, -0.2) is 9.97 Å². The van der Waals surface area contributed by atoms with Gasteiger partial charge in [-0.05, 0) is 18.2 Å². The van der Waals surface area contributed by atoms with Crippen molar-refractivity contribution in [2.75, 3.05) is 20.2 Å². The maximum Gasteiger partial charge on any atom is 0.225 e. The molecule has 0 bridgehead atoms. The molecule has 0 amide bonds. The van der Waals surface area contributed by atoms with Crippen molar-refractivity contribution in [3.8, 4) is 11.6 Å². The summed E-state index contributed by atoms with van der Waals surface area (Å²) in [4.78, 5) is 8.34. The van der Waals surface area contributed by atoms with E-state index in [1.54, 1.807) is 7.11 Å². The molecule has 2 atom stereocenters. The molecule has 0 spiro atoms. The van der Waals surface area contributed by atoms with Gasteiger partial charge >= 0.3 is 0 Å². The summed E-state index contributed by atoms with van der Waals surface area (Å²) < 4.78 is 11.0. The van der Waals surface area contributed by atoms with E-state index in [9.17, 15) is 5.11 Å². The molecule has 1 aromatic heterocycles. The van der Waals surface area contributed by atoms with Gasteiger partial charge < -0.3 is 19.9 Å². The van der Waals surface area contributed by atoms with Crippen molar-refractivity contribution < 1.29 is 14.6 Å². The fraction of sp³-hybridized carbons (Fsp3) is 0.385. The Kier molecular flexibility index (Phi) is 3.18. The molecule has 0 radical (unpaired) electrons. The number of aliphatic hydroxyl groups excluding tert-OH is 1. The first-order valence-electron chi connectivity index (χ1n) is 6.12. The topological polar surface area (TPSA) is 76.5 Å². The number of β-amino-alcohol motifs (C(OH)–C–C–N with tert-alkyl or cyclic N) is 1. The average Bonchev–Trinajstić information content (AvgIpc) is 2.84. The lowest BCUT2D eigenvalue weighted by atomic mass is 10.2. The lowest BCUT2D eigenvalue weighted by molar-refractivity contribution is 0.0717. The van der Waals surface area contributed by atoms with Crippen LogP contribution in [0.4, 0.5) is 0 Å². The van der Waals surface area contributed by atoms with Crippen LogP contribution in [0.25, 0.3) is 10.9 Å². The van der Waals surface area contributed by atoms with E-state index >= 15 is 0 Å². The van der Waals surface area contributed by atoms with Gasteiger partial charge in [0.2, 0.25) is 5.88 Å². The highest BCUT2D eigenvalue weighted by Gasteiger charge is 2.27. The Bertz CT molecular complexity index is 590. The second kappa shape index (κ2) is 4.99. The fourth-order valence-corrected chi connectivity index (χ4v) is 2.14. The Morgan fingerprint density at radius 2 is 2.21 bits per heavy atom. The van der Waals surface area contributed by atoms with Crippen LogP contribution in [0.3, 0.4) is 0 Å². The van der Waals surface area contributed by atoms with Crippen LogP contribution in [0.2, 0.25) is 0 Å². The van der Waals surface area contributed by atoms with Gasteiger partial charge in [0, 0.05) is 13.1 Å². The molecule has 0 aliphatic carbocycles. The molecule has 2 aromatic rings. The zero-order chi connectivity index (χ0) is 13.2. The van der Waals surface area contributed by atoms with Crippen molar-refractivity contribution in [1.29, 1.82) is 0 Å². The van der Waals surface area contributed by atoms with Gasteiger partial charge in [-0.1, -0.05) is 0 Å². The molecule has 1 fully saturated rings. The van der Waals surface area contributed by atoms with Crippen LogP contribution in [0, 0.1) is 0 Å². The Morgan fingerprint density at radius 1 is 1.32 bits per heavy atom. The number of rotatable bonds is 3. The molecule has 2 heterocycles. The van der Waals surface area contributed by atoms with Gasteiger partial charge in [-0.2, -0.15) is 0 Å². The van der Waals surface area contributed by atoms with Crippen LogP contribution in [0.5, 0.6) is 11.6 Å². The second-order valence-electron chi connectivity index (χ2n) is 4.44. The molecule has 1 aliphatic rings. The summed E-state index contributed by atoms with van der Waals surface area (Å²) in [7, 11) is 1.61. The molecule has 1 saturated heterocycles. The molecule has 100 valence electrons. The minimum atomic E-state index is -0.518. The van der Waals surface area contributed by atoms with Crippen LogP contribution < -0.4 is 14.8 Å². The van der Waals surface area contributed by atoms with Gasteiger partial charge in [0.25, 0.3) is 0 Å². The normalized spacial score (nSPS) is 22.6. The van der Waals surface area contributed by atoms with Crippen LogP contribution in [-0.2, 0) is 0 Å². The monoisotopic (exact) mass is 261 g/mol. The highest BCUT2D eigenvalue weighted by molar-refractivity contribution is 5.84. The van der Waals surface area contributed by atoms with Crippen molar-refractivity contribution >= 4 is 10.9 Å². The number of hydrogen-bond donors (Lipinski definition) is 2. The van der Waals surface area contributed by atoms with Crippen molar-refractivity contribution in [2.45, 2.75) is 12.2 Å². The van der Waals surface area contributed by atoms with Gasteiger partial charge in [0.1, 0.15) is 24.3 Å². The van der Waals surface area contributed by atoms with E-state index in [-0.39, 0.29) is 6.10 Å². The Morgan fingerprint density at radius 3 is 2.95 bits per heavy atom. The van der Waals surface area contributed by atoms with E-state index in [0.717, 1.165) is 16.7 Å². The molecule has 1 aliphatic heterocycles. The Labute approximate surface area is 110 Å². The maximum atomic E-state index is 9.77. The smallest absolute Gasteiger partial charge is 0.225 e. The second-order valence-corrected chi connectivity index (χ2v) is 4.44. The molecule has 19 heavy (non-hydrogen) atoms. The molecule has 3 rings (SSSR count). The summed E-state index contributed by atoms with van der Waals surface area (Å²) in [5.74, 6) is 1.19. The third-order valence-electron chi connectivity index (χ3n) is 3.20. The van der Waals surface area contributed by atoms with Crippen LogP contribution in [0.1, 0.15) is 0 Å². The van der Waals surface area contributed by atoms with Gasteiger partial charge in [-0.15, -0.1) is 0 Å². The number of aliphatic hydroxyl groups is 1. The summed E-state index contributed by atoms with van der Waals surface area (Å²) >= 11 is 0. The van der Waals surface area contributed by atoms with E-state index in [4.69, 9.17) is 9.47 Å². The summed E-state index contributed by atoms with van der Waals surface area (Å²) in [5, 5.41) is 13.6. The number of fused-ring (bicyclic) bond motifs is 1. The SMILES string of the molecule is COc1ccc2ncnc(O[C@@H]3CNC[C@H]3O)c2c1. The average molecular weight is 261 g/mol. The highest BCUT2D eigenvalue weighted by Crippen LogP contribution is 2.27. The minimum Gasteiger partial charge on any atom is -0.497 e. The zero-order valence-corrected chi connectivity index (χ0v) is 10.5. The summed E-state index contributed by atoms with van der Waals surface area (Å²) in [5.41, 5.74) is 0.784. The van der Waals surface area contributed by atoms with Crippen LogP contribution in [-0.4, -0.2) is 47.5 Å². The third kappa shape index (κ3) is 2.32. The molecule has 6 nitrogen and oxygen atoms in total. The van der Waals surface area contributed by atoms with Gasteiger partial charge in [0.05, 0.1) is 18.0 Å². The molecule has 1 aromatic carbocycles. The fourth-order valence-electron chi connectivity index (χ4n) is 2.14. The molecule has 6 heteroatoms. The molecular formula is C13H15N3O3. The number of nitrogens with one attached hydrogen (secondary N) is 1. The van der Waals surface area contributed by atoms with E-state index in [1.807, 2.05) is 18.2 Å². The van der Waals surface area contributed by atoms with Crippen molar-refractivity contribution in [3.05, 3.63) is 24.5 Å². The number of hydrogen-bond acceptors (Lipinski definition) is 6. The first-order chi connectivity index (χ1) is 9.28. The first-order valence-corrected chi connectivity index (χ1v) is 6.12. The molecule has 0 unspecified atom stereocenters. The first kappa shape index (κ1) is 12.1. The molecular weight excluding hydrogens is 246 g/mol. The lowest BCUT2D eigenvalue weighted by Crippen LogP contribution is -2.30. The van der Waals surface area contributed by atoms with Crippen molar-refractivity contribution in [1.82, 2.24) is 15.3 Å². The van der Waals surface area contributed by atoms with Gasteiger partial charge in [0.15, 0.2) is 0 Å². The van der Waals surface area contributed by atoms with E-state index in [0.29, 0.717) is 19.0 Å². The summed E-state index contributed by atoms with van der Waals surface area (Å²) in [6, 6.07) is 5.52. The van der Waals surface area contributed by atoms with Crippen LogP contribution >= 0.6 is 0 Å². The summed E-state index contributed by atoms with van der Waals surface area (Å²) in [6.45, 7) is 1.15. The van der Waals surface area contributed by atoms with Crippen molar-refractivity contribution in [3.63, 3.8) is 0 Å². The molecule has 2 N–H and O–H groups in total. The lowest BCUT2D eigenvalue weighted by Gasteiger charge is -2.16. The Balaban J connectivity index is 1.97. The summed E-state index contributed by atoms with van der Waals surface area (Å²) in [6.07, 6.45) is 0.652. The maximum absolute atomic E-state index is 9.77. The van der Waals surface area contributed by atoms with E-state index < -0.39 is 6.10 Å². The predicted octanol–water partition coefficient (Wildman–Crippen LogP) is 0.350. The standard InChI is InChI=1S/C13H15N3O3/c1-18-8-2-3-10-9(4-8)13(16-7-15-10)19-12-6-14-5-11(12)17/h2-4,7,11-12,14,17H,5-6H2,1H3/t11-,12-/m1/s1. The number of nitrogens with zero attached hydrogens (tertiary/aromatic N) is 2. The van der Waals surface area contributed by atoms with E-state index in [1.165, 1.54) is 6.33 Å². The van der Waals surface area contributed by atoms with E-state index in [2.05, 4.69) is 15.3 Å².